The summed E-state index contributed by atoms with van der Waals surface area (Å²) in [7, 11) is 0. The molecule has 27 heavy (non-hydrogen) atoms. The molecule has 0 fully saturated rings. The summed E-state index contributed by atoms with van der Waals surface area (Å²) in [5, 5.41) is 10.4. The summed E-state index contributed by atoms with van der Waals surface area (Å²) >= 11 is 2.57. The van der Waals surface area contributed by atoms with Crippen molar-refractivity contribution in [3.63, 3.8) is 0 Å². The van der Waals surface area contributed by atoms with E-state index in [9.17, 15) is 18.0 Å². The molecule has 1 heterocycles. The van der Waals surface area contributed by atoms with Gasteiger partial charge in [-0.3, -0.25) is 10.1 Å². The van der Waals surface area contributed by atoms with Gasteiger partial charge < -0.3 is 0 Å². The van der Waals surface area contributed by atoms with Gasteiger partial charge in [0.1, 0.15) is 0 Å². The summed E-state index contributed by atoms with van der Waals surface area (Å²) in [6.07, 6.45) is -4.61. The molecule has 3 rings (SSSR count). The van der Waals surface area contributed by atoms with Crippen molar-refractivity contribution in [3.8, 4) is 0 Å². The predicted molar refractivity (Wildman–Crippen MR) is 100 cm³/mol. The van der Waals surface area contributed by atoms with Gasteiger partial charge in [0.2, 0.25) is 5.13 Å². The lowest BCUT2D eigenvalue weighted by atomic mass is 10.1. The molecule has 1 N–H and O–H groups in total. The van der Waals surface area contributed by atoms with Crippen molar-refractivity contribution in [2.45, 2.75) is 23.2 Å². The molecule has 9 heteroatoms. The topological polar surface area (TPSA) is 54.9 Å². The summed E-state index contributed by atoms with van der Waals surface area (Å²) in [5.41, 5.74) is 0.879. The van der Waals surface area contributed by atoms with Crippen LogP contribution in [0.5, 0.6) is 0 Å². The van der Waals surface area contributed by atoms with E-state index in [1.807, 2.05) is 31.2 Å². The molecular weight excluding hydrogens is 395 g/mol. The second kappa shape index (κ2) is 8.10. The molecule has 0 saturated carbocycles. The lowest BCUT2D eigenvalue weighted by Crippen LogP contribution is -2.18. The van der Waals surface area contributed by atoms with Gasteiger partial charge in [-0.1, -0.05) is 59.5 Å². The van der Waals surface area contributed by atoms with E-state index >= 15 is 0 Å². The number of nitrogens with one attached hydrogen (secondary N) is 1. The summed E-state index contributed by atoms with van der Waals surface area (Å²) in [6.45, 7) is 2.01. The van der Waals surface area contributed by atoms with Gasteiger partial charge in [0, 0.05) is 5.75 Å². The normalized spacial score (nSPS) is 11.4. The van der Waals surface area contributed by atoms with E-state index in [-0.39, 0.29) is 5.13 Å². The number of thioether (sulfide) groups is 1. The molecule has 0 saturated heterocycles. The number of nitrogens with zero attached hydrogens (tertiary/aromatic N) is 2. The van der Waals surface area contributed by atoms with E-state index in [2.05, 4.69) is 15.5 Å². The fourth-order valence-electron chi connectivity index (χ4n) is 2.32. The molecule has 0 unspecified atom stereocenters. The molecule has 3 aromatic rings. The van der Waals surface area contributed by atoms with Crippen LogP contribution >= 0.6 is 23.1 Å². The molecule has 2 aromatic carbocycles. The van der Waals surface area contributed by atoms with Crippen LogP contribution in [0.4, 0.5) is 18.3 Å². The van der Waals surface area contributed by atoms with Crippen LogP contribution in [0.2, 0.25) is 0 Å². The number of hydrogen-bond donors (Lipinski definition) is 1. The maximum Gasteiger partial charge on any atom is 0.417 e. The minimum absolute atomic E-state index is 0.157. The first-order chi connectivity index (χ1) is 12.8. The molecule has 0 spiro atoms. The molecule has 1 amide bonds. The van der Waals surface area contributed by atoms with Crippen LogP contribution in [0, 0.1) is 6.92 Å². The number of carbonyl (C=O) groups excluding carboxylic acids is 1. The van der Waals surface area contributed by atoms with Crippen LogP contribution in [0.1, 0.15) is 27.0 Å². The van der Waals surface area contributed by atoms with Gasteiger partial charge >= 0.3 is 6.18 Å². The lowest BCUT2D eigenvalue weighted by Gasteiger charge is -2.11. The summed E-state index contributed by atoms with van der Waals surface area (Å²) in [5.74, 6) is -0.180. The van der Waals surface area contributed by atoms with Gasteiger partial charge in [0.05, 0.1) is 11.1 Å². The van der Waals surface area contributed by atoms with Crippen LogP contribution in [0.3, 0.4) is 0 Å². The highest BCUT2D eigenvalue weighted by Crippen LogP contribution is 2.33. The van der Waals surface area contributed by atoms with Gasteiger partial charge in [0.25, 0.3) is 5.91 Å². The third-order valence-electron chi connectivity index (χ3n) is 3.72. The molecule has 140 valence electrons. The Balaban J connectivity index is 1.68. The second-order valence-corrected chi connectivity index (χ2v) is 7.79. The average molecular weight is 409 g/mol. The zero-order chi connectivity index (χ0) is 19.4. The summed E-state index contributed by atoms with van der Waals surface area (Å²) < 4.78 is 39.7. The van der Waals surface area contributed by atoms with Gasteiger partial charge in [-0.2, -0.15) is 13.2 Å². The first-order valence-electron chi connectivity index (χ1n) is 7.83. The Morgan fingerprint density at radius 2 is 1.81 bits per heavy atom. The van der Waals surface area contributed by atoms with Crippen LogP contribution in [0.25, 0.3) is 0 Å². The number of rotatable bonds is 5. The number of halogens is 3. The zero-order valence-electron chi connectivity index (χ0n) is 14.1. The van der Waals surface area contributed by atoms with E-state index < -0.39 is 23.2 Å². The molecular formula is C18H14F3N3OS2. The van der Waals surface area contributed by atoms with Crippen LogP contribution < -0.4 is 5.32 Å². The number of aryl methyl sites for hydroxylation is 1. The van der Waals surface area contributed by atoms with E-state index in [0.29, 0.717) is 10.1 Å². The number of aromatic nitrogens is 2. The third-order valence-corrected chi connectivity index (χ3v) is 5.74. The van der Waals surface area contributed by atoms with E-state index in [1.165, 1.54) is 23.9 Å². The van der Waals surface area contributed by atoms with Crippen molar-refractivity contribution < 1.29 is 18.0 Å². The van der Waals surface area contributed by atoms with Crippen molar-refractivity contribution in [1.29, 1.82) is 0 Å². The van der Waals surface area contributed by atoms with Crippen LogP contribution in [0.15, 0.2) is 52.9 Å². The van der Waals surface area contributed by atoms with Gasteiger partial charge in [0.15, 0.2) is 4.34 Å². The van der Waals surface area contributed by atoms with Crippen molar-refractivity contribution >= 4 is 34.1 Å². The molecule has 0 aliphatic heterocycles. The minimum atomic E-state index is -4.61. The Morgan fingerprint density at radius 3 is 2.56 bits per heavy atom. The van der Waals surface area contributed by atoms with E-state index in [0.717, 1.165) is 34.6 Å². The standard InChI is InChI=1S/C18H14F3N3OS2/c1-11-6-2-3-7-12(11)10-26-17-24-23-16(27-17)22-15(25)13-8-4-5-9-14(13)18(19,20)21/h2-9H,10H2,1H3,(H,22,23,25). The summed E-state index contributed by atoms with van der Waals surface area (Å²) in [6, 6.07) is 12.6. The number of hydrogen-bond acceptors (Lipinski definition) is 5. The van der Waals surface area contributed by atoms with E-state index in [4.69, 9.17) is 0 Å². The fraction of sp³-hybridized carbons (Fsp3) is 0.167. The smallest absolute Gasteiger partial charge is 0.296 e. The SMILES string of the molecule is Cc1ccccc1CSc1nnc(NC(=O)c2ccccc2C(F)(F)F)s1. The highest BCUT2D eigenvalue weighted by atomic mass is 32.2. The van der Waals surface area contributed by atoms with E-state index in [1.54, 1.807) is 0 Å². The highest BCUT2D eigenvalue weighted by molar-refractivity contribution is 8.00. The molecule has 0 atom stereocenters. The maximum atomic E-state index is 13.0. The number of amides is 1. The zero-order valence-corrected chi connectivity index (χ0v) is 15.7. The Bertz CT molecular complexity index is 957. The third kappa shape index (κ3) is 4.86. The number of anilines is 1. The molecule has 0 bridgehead atoms. The molecule has 1 aromatic heterocycles. The van der Waals surface area contributed by atoms with Crippen molar-refractivity contribution in [1.82, 2.24) is 10.2 Å². The predicted octanol–water partition coefficient (Wildman–Crippen LogP) is 5.41. The largest absolute Gasteiger partial charge is 0.417 e. The number of alkyl halides is 3. The molecule has 0 aliphatic carbocycles. The van der Waals surface area contributed by atoms with Crippen LogP contribution in [-0.4, -0.2) is 16.1 Å². The lowest BCUT2D eigenvalue weighted by molar-refractivity contribution is -0.137. The van der Waals surface area contributed by atoms with Gasteiger partial charge in [-0.05, 0) is 30.2 Å². The Labute approximate surface area is 161 Å². The second-order valence-electron chi connectivity index (χ2n) is 5.59. The molecule has 4 nitrogen and oxygen atoms in total. The average Bonchev–Trinajstić information content (AvgIpc) is 3.07. The van der Waals surface area contributed by atoms with Gasteiger partial charge in [-0.15, -0.1) is 10.2 Å². The Kier molecular flexibility index (Phi) is 5.81. The van der Waals surface area contributed by atoms with Crippen molar-refractivity contribution in [3.05, 3.63) is 70.8 Å². The molecule has 0 aliphatic rings. The number of carbonyl (C=O) groups is 1. The molecule has 0 radical (unpaired) electrons. The Morgan fingerprint density at radius 1 is 1.11 bits per heavy atom. The number of benzene rings is 2. The van der Waals surface area contributed by atoms with Crippen LogP contribution in [-0.2, 0) is 11.9 Å². The first-order valence-corrected chi connectivity index (χ1v) is 9.63. The first kappa shape index (κ1) is 19.4. The van der Waals surface area contributed by atoms with Gasteiger partial charge in [-0.25, -0.2) is 0 Å². The van der Waals surface area contributed by atoms with Crippen molar-refractivity contribution in [2.24, 2.45) is 0 Å². The summed E-state index contributed by atoms with van der Waals surface area (Å²) in [4.78, 5) is 12.2. The van der Waals surface area contributed by atoms with Crippen molar-refractivity contribution in [2.75, 3.05) is 5.32 Å². The monoisotopic (exact) mass is 409 g/mol. The fourth-order valence-corrected chi connectivity index (χ4v) is 4.15. The quantitative estimate of drug-likeness (QED) is 0.452. The minimum Gasteiger partial charge on any atom is -0.296 e. The Hall–Kier alpha value is -2.39. The maximum absolute atomic E-state index is 13.0. The highest BCUT2D eigenvalue weighted by Gasteiger charge is 2.35.